The number of halogens is 4. The summed E-state index contributed by atoms with van der Waals surface area (Å²) in [6.45, 7) is 0. The summed E-state index contributed by atoms with van der Waals surface area (Å²) in [5, 5.41) is 1.96. The Hall–Kier alpha value is -3.14. The first-order chi connectivity index (χ1) is 13.6. The highest BCUT2D eigenvalue weighted by Crippen LogP contribution is 2.33. The number of ether oxygens (including phenoxy) is 1. The fourth-order valence-corrected chi connectivity index (χ4v) is 3.07. The molecule has 1 heterocycles. The van der Waals surface area contributed by atoms with Crippen LogP contribution in [-0.4, -0.2) is 25.0 Å². The molecular weight excluding hydrogens is 457 g/mol. The zero-order chi connectivity index (χ0) is 21.3. The molecule has 0 saturated carbocycles. The third kappa shape index (κ3) is 4.16. The van der Waals surface area contributed by atoms with E-state index in [1.807, 2.05) is 5.32 Å². The Balaban J connectivity index is 2.07. The largest absolute Gasteiger partial charge is 0.496 e. The molecule has 29 heavy (non-hydrogen) atoms. The van der Waals surface area contributed by atoms with E-state index in [-0.39, 0.29) is 5.69 Å². The lowest BCUT2D eigenvalue weighted by Crippen LogP contribution is -2.54. The van der Waals surface area contributed by atoms with Crippen LogP contribution in [0.25, 0.3) is 6.08 Å². The van der Waals surface area contributed by atoms with Crippen LogP contribution < -0.4 is 15.0 Å². The van der Waals surface area contributed by atoms with Gasteiger partial charge >= 0.3 is 12.2 Å². The highest BCUT2D eigenvalue weighted by Gasteiger charge is 2.38. The zero-order valence-corrected chi connectivity index (χ0v) is 16.3. The molecule has 0 radical (unpaired) electrons. The van der Waals surface area contributed by atoms with E-state index in [0.29, 0.717) is 26.8 Å². The van der Waals surface area contributed by atoms with E-state index in [1.165, 1.54) is 19.3 Å². The summed E-state index contributed by atoms with van der Waals surface area (Å²) in [7, 11) is 1.40. The molecule has 0 aliphatic carbocycles. The number of nitrogens with zero attached hydrogens (tertiary/aromatic N) is 1. The van der Waals surface area contributed by atoms with Gasteiger partial charge in [0.2, 0.25) is 0 Å². The Kier molecular flexibility index (Phi) is 5.47. The molecule has 0 atom stereocenters. The molecule has 0 aromatic heterocycles. The van der Waals surface area contributed by atoms with Gasteiger partial charge in [0.1, 0.15) is 11.3 Å². The molecule has 4 amide bonds. The third-order valence-corrected chi connectivity index (χ3v) is 4.52. The number of hydrogen-bond donors (Lipinski definition) is 1. The standard InChI is InChI=1S/C19H12BrF3N2O4/c1-29-15-6-5-12(20)7-10(15)8-14-16(26)24-18(28)25(17(14)27)13-4-2-3-11(9-13)19(21,22)23/h2-9H,1H3,(H,24,26,28)/b14-8+. The highest BCUT2D eigenvalue weighted by atomic mass is 79.9. The van der Waals surface area contributed by atoms with E-state index in [4.69, 9.17) is 4.74 Å². The molecule has 10 heteroatoms. The minimum absolute atomic E-state index is 0.318. The molecule has 2 aromatic rings. The van der Waals surface area contributed by atoms with Gasteiger partial charge in [-0.25, -0.2) is 9.69 Å². The summed E-state index contributed by atoms with van der Waals surface area (Å²) in [6, 6.07) is 7.42. The second-order valence-corrected chi connectivity index (χ2v) is 6.81. The number of barbiturate groups is 1. The molecule has 0 unspecified atom stereocenters. The predicted octanol–water partition coefficient (Wildman–Crippen LogP) is 4.14. The lowest BCUT2D eigenvalue weighted by molar-refractivity contribution is -0.137. The smallest absolute Gasteiger partial charge is 0.416 e. The lowest BCUT2D eigenvalue weighted by Gasteiger charge is -2.27. The number of carbonyl (C=O) groups excluding carboxylic acids is 3. The van der Waals surface area contributed by atoms with Crippen LogP contribution >= 0.6 is 15.9 Å². The van der Waals surface area contributed by atoms with Crippen LogP contribution in [0, 0.1) is 0 Å². The first-order valence-corrected chi connectivity index (χ1v) is 8.83. The van der Waals surface area contributed by atoms with Gasteiger partial charge in [0.25, 0.3) is 11.8 Å². The van der Waals surface area contributed by atoms with Gasteiger partial charge in [0.05, 0.1) is 18.4 Å². The van der Waals surface area contributed by atoms with Crippen molar-refractivity contribution in [2.45, 2.75) is 6.18 Å². The van der Waals surface area contributed by atoms with Crippen molar-refractivity contribution >= 4 is 45.5 Å². The highest BCUT2D eigenvalue weighted by molar-refractivity contribution is 9.10. The number of anilines is 1. The number of carbonyl (C=O) groups is 3. The van der Waals surface area contributed by atoms with Gasteiger partial charge in [-0.3, -0.25) is 14.9 Å². The van der Waals surface area contributed by atoms with Crippen molar-refractivity contribution in [1.29, 1.82) is 0 Å². The number of benzene rings is 2. The van der Waals surface area contributed by atoms with Crippen molar-refractivity contribution in [3.8, 4) is 5.75 Å². The Morgan fingerprint density at radius 3 is 2.48 bits per heavy atom. The molecule has 1 fully saturated rings. The lowest BCUT2D eigenvalue weighted by atomic mass is 10.1. The summed E-state index contributed by atoms with van der Waals surface area (Å²) in [5.41, 5.74) is -1.43. The molecule has 150 valence electrons. The van der Waals surface area contributed by atoms with Gasteiger partial charge in [0.15, 0.2) is 0 Å². The van der Waals surface area contributed by atoms with E-state index in [0.717, 1.165) is 12.1 Å². The van der Waals surface area contributed by atoms with E-state index in [2.05, 4.69) is 15.9 Å². The van der Waals surface area contributed by atoms with Gasteiger partial charge < -0.3 is 4.74 Å². The average molecular weight is 469 g/mol. The Bertz CT molecular complexity index is 1050. The molecule has 1 aliphatic heterocycles. The van der Waals surface area contributed by atoms with Crippen molar-refractivity contribution < 1.29 is 32.3 Å². The molecule has 0 bridgehead atoms. The second kappa shape index (κ2) is 7.70. The van der Waals surface area contributed by atoms with Crippen LogP contribution in [0.2, 0.25) is 0 Å². The number of methoxy groups -OCH3 is 1. The third-order valence-electron chi connectivity index (χ3n) is 4.02. The number of urea groups is 1. The molecule has 2 aromatic carbocycles. The molecule has 0 spiro atoms. The SMILES string of the molecule is COc1ccc(Br)cc1/C=C1\C(=O)NC(=O)N(c2cccc(C(F)(F)F)c2)C1=O. The molecule has 3 rings (SSSR count). The van der Waals surface area contributed by atoms with Gasteiger partial charge in [-0.1, -0.05) is 22.0 Å². The molecule has 1 N–H and O–H groups in total. The number of rotatable bonds is 3. The maximum Gasteiger partial charge on any atom is 0.416 e. The zero-order valence-electron chi connectivity index (χ0n) is 14.7. The van der Waals surface area contributed by atoms with Crippen LogP contribution in [0.1, 0.15) is 11.1 Å². The topological polar surface area (TPSA) is 75.7 Å². The predicted molar refractivity (Wildman–Crippen MR) is 101 cm³/mol. The van der Waals surface area contributed by atoms with Crippen LogP contribution in [0.3, 0.4) is 0 Å². The van der Waals surface area contributed by atoms with Gasteiger partial charge in [0, 0.05) is 10.0 Å². The van der Waals surface area contributed by atoms with Crippen molar-refractivity contribution in [2.75, 3.05) is 12.0 Å². The summed E-state index contributed by atoms with van der Waals surface area (Å²) in [6.07, 6.45) is -3.46. The Morgan fingerprint density at radius 2 is 1.83 bits per heavy atom. The van der Waals surface area contributed by atoms with Crippen molar-refractivity contribution in [1.82, 2.24) is 5.32 Å². The number of imide groups is 2. The monoisotopic (exact) mass is 468 g/mol. The average Bonchev–Trinajstić information content (AvgIpc) is 2.65. The van der Waals surface area contributed by atoms with E-state index >= 15 is 0 Å². The minimum Gasteiger partial charge on any atom is -0.496 e. The molecular formula is C19H12BrF3N2O4. The normalized spacial score (nSPS) is 16.2. The second-order valence-electron chi connectivity index (χ2n) is 5.89. The van der Waals surface area contributed by atoms with Crippen LogP contribution in [-0.2, 0) is 15.8 Å². The van der Waals surface area contributed by atoms with Gasteiger partial charge in [-0.05, 0) is 42.5 Å². The quantitative estimate of drug-likeness (QED) is 0.542. The number of hydrogen-bond acceptors (Lipinski definition) is 4. The summed E-state index contributed by atoms with van der Waals surface area (Å²) < 4.78 is 44.8. The summed E-state index contributed by atoms with van der Waals surface area (Å²) >= 11 is 3.26. The molecule has 6 nitrogen and oxygen atoms in total. The first-order valence-electron chi connectivity index (χ1n) is 8.04. The fourth-order valence-electron chi connectivity index (χ4n) is 2.69. The summed E-state index contributed by atoms with van der Waals surface area (Å²) in [5.74, 6) is -1.67. The van der Waals surface area contributed by atoms with Crippen LogP contribution in [0.5, 0.6) is 5.75 Å². The number of alkyl halides is 3. The number of nitrogens with one attached hydrogen (secondary N) is 1. The van der Waals surface area contributed by atoms with Crippen molar-refractivity contribution in [3.05, 3.63) is 63.6 Å². The molecule has 1 saturated heterocycles. The number of amides is 4. The maximum absolute atomic E-state index is 13.0. The minimum atomic E-state index is -4.66. The van der Waals surface area contributed by atoms with Crippen LogP contribution in [0.4, 0.5) is 23.7 Å². The molecule has 1 aliphatic rings. The van der Waals surface area contributed by atoms with Crippen LogP contribution in [0.15, 0.2) is 52.5 Å². The first kappa shape index (κ1) is 20.6. The van der Waals surface area contributed by atoms with Crippen molar-refractivity contribution in [3.63, 3.8) is 0 Å². The fraction of sp³-hybridized carbons (Fsp3) is 0.105. The van der Waals surface area contributed by atoms with Gasteiger partial charge in [-0.15, -0.1) is 0 Å². The van der Waals surface area contributed by atoms with Gasteiger partial charge in [-0.2, -0.15) is 13.2 Å². The van der Waals surface area contributed by atoms with E-state index in [9.17, 15) is 27.6 Å². The Morgan fingerprint density at radius 1 is 1.10 bits per heavy atom. The summed E-state index contributed by atoms with van der Waals surface area (Å²) in [4.78, 5) is 37.7. The Labute approximate surface area is 171 Å². The van der Waals surface area contributed by atoms with E-state index < -0.39 is 35.2 Å². The van der Waals surface area contributed by atoms with E-state index in [1.54, 1.807) is 18.2 Å². The van der Waals surface area contributed by atoms with Crippen molar-refractivity contribution in [2.24, 2.45) is 0 Å². The maximum atomic E-state index is 13.0.